The third-order valence-corrected chi connectivity index (χ3v) is 6.41. The van der Waals surface area contributed by atoms with Crippen LogP contribution < -0.4 is 0 Å². The summed E-state index contributed by atoms with van der Waals surface area (Å²) in [5.41, 5.74) is 0.410. The van der Waals surface area contributed by atoms with Crippen LogP contribution in [0.25, 0.3) is 0 Å². The van der Waals surface area contributed by atoms with Crippen LogP contribution in [-0.2, 0) is 9.53 Å². The Balaban J connectivity index is 0.000000527. The van der Waals surface area contributed by atoms with Gasteiger partial charge in [-0.05, 0) is 58.4 Å². The zero-order chi connectivity index (χ0) is 20.4. The lowest BCUT2D eigenvalue weighted by Gasteiger charge is -2.31. The van der Waals surface area contributed by atoms with Gasteiger partial charge in [0.2, 0.25) is 0 Å². The molecule has 1 aliphatic carbocycles. The number of thioether (sulfide) groups is 1. The smallest absolute Gasteiger partial charge is 0.333 e. The second-order valence-electron chi connectivity index (χ2n) is 6.69. The average Bonchev–Trinajstić information content (AvgIpc) is 3.00. The molecule has 0 spiro atoms. The fourth-order valence-corrected chi connectivity index (χ4v) is 5.00. The Hall–Kier alpha value is -0.780. The summed E-state index contributed by atoms with van der Waals surface area (Å²) < 4.78 is 6.69. The van der Waals surface area contributed by atoms with Crippen LogP contribution in [0.15, 0.2) is 16.5 Å². The molecule has 1 aliphatic rings. The van der Waals surface area contributed by atoms with Gasteiger partial charge in [-0.25, -0.2) is 4.79 Å². The van der Waals surface area contributed by atoms with Crippen LogP contribution in [0.1, 0.15) is 26.2 Å². The number of hydrogen-bond acceptors (Lipinski definition) is 9. The largest absolute Gasteiger partial charge is 0.462 e. The molecule has 0 bridgehead atoms. The molecule has 0 aromatic carbocycles. The van der Waals surface area contributed by atoms with Crippen molar-refractivity contribution in [1.82, 2.24) is 15.1 Å². The normalized spacial score (nSPS) is 22.1. The van der Waals surface area contributed by atoms with Crippen molar-refractivity contribution in [3.05, 3.63) is 16.1 Å². The lowest BCUT2D eigenvalue weighted by molar-refractivity contribution is -0.140. The lowest BCUT2D eigenvalue weighted by atomic mass is 9.87. The number of rotatable bonds is 7. The zero-order valence-corrected chi connectivity index (χ0v) is 18.5. The molecule has 1 aromatic heterocycles. The van der Waals surface area contributed by atoms with Gasteiger partial charge in [-0.2, -0.15) is 5.10 Å². The molecule has 1 fully saturated rings. The number of carbonyl (C=O) groups is 1. The maximum atomic E-state index is 11.4. The van der Waals surface area contributed by atoms with Crippen molar-refractivity contribution in [3.8, 4) is 0 Å². The van der Waals surface area contributed by atoms with E-state index in [4.69, 9.17) is 22.1 Å². The quantitative estimate of drug-likeness (QED) is 0.341. The number of hydrogen-bond donors (Lipinski definition) is 3. The first-order valence-electron chi connectivity index (χ1n) is 8.71. The van der Waals surface area contributed by atoms with Crippen LogP contribution in [0.2, 0.25) is 0 Å². The predicted octanol–water partition coefficient (Wildman–Crippen LogP) is 2.48. The molecule has 3 atom stereocenters. The van der Waals surface area contributed by atoms with Gasteiger partial charge in [-0.15, -0.1) is 0 Å². The lowest BCUT2D eigenvalue weighted by Crippen LogP contribution is -2.33. The van der Waals surface area contributed by atoms with E-state index in [1.54, 1.807) is 6.92 Å². The summed E-state index contributed by atoms with van der Waals surface area (Å²) in [6.45, 7) is 6.60. The number of aliphatic hydroxyl groups excluding tert-OH is 2. The molecule has 3 N–H and O–H groups in total. The van der Waals surface area contributed by atoms with Crippen molar-refractivity contribution < 1.29 is 19.7 Å². The first-order chi connectivity index (χ1) is 12.7. The van der Waals surface area contributed by atoms with Gasteiger partial charge in [0.1, 0.15) is 0 Å². The van der Waals surface area contributed by atoms with Crippen molar-refractivity contribution in [2.24, 2.45) is 5.92 Å². The van der Waals surface area contributed by atoms with E-state index in [9.17, 15) is 9.90 Å². The molecule has 3 unspecified atom stereocenters. The molecule has 2 rings (SSSR count). The van der Waals surface area contributed by atoms with Crippen LogP contribution in [-0.4, -0.2) is 76.5 Å². The van der Waals surface area contributed by atoms with Crippen molar-refractivity contribution in [1.29, 1.82) is 0 Å². The van der Waals surface area contributed by atoms with Crippen LogP contribution in [0, 0.1) is 9.87 Å². The molecule has 1 heterocycles. The SMILES string of the molecule is C=C(C)C(=O)OCC1CCC(O)C(Sc2n[nH]c(=S)s2)C1.CN(C)CCO. The van der Waals surface area contributed by atoms with E-state index in [-0.39, 0.29) is 29.8 Å². The van der Waals surface area contributed by atoms with Gasteiger partial charge in [0, 0.05) is 17.4 Å². The first kappa shape index (κ1) is 24.3. The van der Waals surface area contributed by atoms with E-state index in [0.717, 1.165) is 23.7 Å². The zero-order valence-electron chi connectivity index (χ0n) is 16.0. The third-order valence-electron chi connectivity index (χ3n) is 3.88. The molecule has 7 nitrogen and oxygen atoms in total. The van der Waals surface area contributed by atoms with Crippen molar-refractivity contribution in [2.45, 2.75) is 41.9 Å². The minimum Gasteiger partial charge on any atom is -0.462 e. The number of nitrogens with one attached hydrogen (secondary N) is 1. The van der Waals surface area contributed by atoms with E-state index < -0.39 is 0 Å². The van der Waals surface area contributed by atoms with E-state index in [1.807, 2.05) is 19.0 Å². The summed E-state index contributed by atoms with van der Waals surface area (Å²) in [6, 6.07) is 0. The Labute approximate surface area is 173 Å². The second kappa shape index (κ2) is 12.6. The fourth-order valence-electron chi connectivity index (χ4n) is 2.39. The fraction of sp³-hybridized carbons (Fsp3) is 0.706. The standard InChI is InChI=1S/C13H18N2O3S3.C4H11NO/c1-7(2)11(17)18-6-8-3-4-9(16)10(5-8)20-13-15-14-12(19)21-13;1-5(2)3-4-6/h8-10,16H,1,3-6H2,2H3,(H,14,19);6H,3-4H2,1-2H3. The van der Waals surface area contributed by atoms with Crippen molar-refractivity contribution in [2.75, 3.05) is 33.9 Å². The summed E-state index contributed by atoms with van der Waals surface area (Å²) in [6.07, 6.45) is 2.00. The monoisotopic (exact) mass is 435 g/mol. The second-order valence-corrected chi connectivity index (χ2v) is 9.84. The Morgan fingerprint density at radius 3 is 2.70 bits per heavy atom. The number of aromatic nitrogens is 2. The van der Waals surface area contributed by atoms with Crippen molar-refractivity contribution >= 4 is 41.3 Å². The molecule has 154 valence electrons. The van der Waals surface area contributed by atoms with Gasteiger partial charge in [0.05, 0.1) is 19.3 Å². The van der Waals surface area contributed by atoms with E-state index in [0.29, 0.717) is 22.6 Å². The van der Waals surface area contributed by atoms with Gasteiger partial charge < -0.3 is 19.8 Å². The van der Waals surface area contributed by atoms with E-state index in [2.05, 4.69) is 16.8 Å². The Morgan fingerprint density at radius 2 is 2.22 bits per heavy atom. The third kappa shape index (κ3) is 9.82. The first-order valence-corrected chi connectivity index (χ1v) is 10.8. The topological polar surface area (TPSA) is 98.7 Å². The molecule has 1 aromatic rings. The molecule has 0 amide bonds. The maximum Gasteiger partial charge on any atom is 0.333 e. The van der Waals surface area contributed by atoms with E-state index >= 15 is 0 Å². The molecule has 27 heavy (non-hydrogen) atoms. The molecule has 10 heteroatoms. The number of carbonyl (C=O) groups excluding carboxylic acids is 1. The van der Waals surface area contributed by atoms with E-state index in [1.165, 1.54) is 23.1 Å². The Morgan fingerprint density at radius 1 is 1.52 bits per heavy atom. The van der Waals surface area contributed by atoms with Crippen LogP contribution in [0.5, 0.6) is 0 Å². The summed E-state index contributed by atoms with van der Waals surface area (Å²) in [5.74, 6) is -0.0864. The molecule has 0 aliphatic heterocycles. The highest BCUT2D eigenvalue weighted by molar-refractivity contribution is 8.01. The van der Waals surface area contributed by atoms with Gasteiger partial charge in [-0.1, -0.05) is 29.7 Å². The van der Waals surface area contributed by atoms with Crippen LogP contribution >= 0.6 is 35.3 Å². The molecule has 1 saturated carbocycles. The Kier molecular flexibility index (Phi) is 11.4. The molecule has 0 radical (unpaired) electrons. The number of H-pyrrole nitrogens is 1. The number of aliphatic hydroxyl groups is 2. The number of nitrogens with zero attached hydrogens (tertiary/aromatic N) is 2. The number of likely N-dealkylation sites (N-methyl/N-ethyl adjacent to an activating group) is 1. The summed E-state index contributed by atoms with van der Waals surface area (Å²) >= 11 is 7.96. The van der Waals surface area contributed by atoms with Gasteiger partial charge in [0.25, 0.3) is 0 Å². The Bertz CT molecular complexity index is 647. The summed E-state index contributed by atoms with van der Waals surface area (Å²) in [7, 11) is 3.85. The van der Waals surface area contributed by atoms with Gasteiger partial charge in [-0.3, -0.25) is 5.10 Å². The minimum atomic E-state index is -0.361. The number of ether oxygens (including phenoxy) is 1. The van der Waals surface area contributed by atoms with Crippen LogP contribution in [0.3, 0.4) is 0 Å². The molecular formula is C17H29N3O4S3. The highest BCUT2D eigenvalue weighted by Crippen LogP contribution is 2.37. The van der Waals surface area contributed by atoms with Gasteiger partial charge in [0.15, 0.2) is 8.29 Å². The average molecular weight is 436 g/mol. The highest BCUT2D eigenvalue weighted by atomic mass is 32.2. The number of esters is 1. The number of aromatic amines is 1. The van der Waals surface area contributed by atoms with Crippen molar-refractivity contribution in [3.63, 3.8) is 0 Å². The van der Waals surface area contributed by atoms with Crippen LogP contribution in [0.4, 0.5) is 0 Å². The minimum absolute atomic E-state index is 0.0567. The summed E-state index contributed by atoms with van der Waals surface area (Å²) in [4.78, 5) is 13.4. The predicted molar refractivity (Wildman–Crippen MR) is 112 cm³/mol. The summed E-state index contributed by atoms with van der Waals surface area (Å²) in [5, 5.41) is 25.2. The molecule has 0 saturated heterocycles. The van der Waals surface area contributed by atoms with Gasteiger partial charge >= 0.3 is 5.97 Å². The molecular weight excluding hydrogens is 406 g/mol. The highest BCUT2D eigenvalue weighted by Gasteiger charge is 2.31. The maximum absolute atomic E-state index is 11.4.